The molecule has 0 spiro atoms. The van der Waals surface area contributed by atoms with Crippen molar-refractivity contribution in [2.75, 3.05) is 18.5 Å². The third-order valence-corrected chi connectivity index (χ3v) is 4.06. The fourth-order valence-electron chi connectivity index (χ4n) is 2.68. The lowest BCUT2D eigenvalue weighted by atomic mass is 10.0. The number of phenolic OH excluding ortho intramolecular Hbond substituents is 1. The molecule has 2 atom stereocenters. The maximum atomic E-state index is 10.3. The lowest BCUT2D eigenvalue weighted by Gasteiger charge is -2.29. The molecular formula is C18H32N2O. The number of hydrogen-bond donors (Lipinski definition) is 2. The Hall–Kier alpha value is -1.22. The summed E-state index contributed by atoms with van der Waals surface area (Å²) in [7, 11) is 2.10. The molecule has 0 bridgehead atoms. The van der Waals surface area contributed by atoms with Gasteiger partial charge in [-0.1, -0.05) is 26.8 Å². The summed E-state index contributed by atoms with van der Waals surface area (Å²) in [6.07, 6.45) is 2.24. The van der Waals surface area contributed by atoms with Gasteiger partial charge in [0.05, 0.1) is 0 Å². The van der Waals surface area contributed by atoms with Gasteiger partial charge in [-0.15, -0.1) is 0 Å². The standard InChI is InChI=1S/C18H32N2O/c1-7-10-19-15(5)17-9-8-16(12-18(17)21)20(6)14(4)11-13(2)3/h8-9,12-15,19,21H,7,10-11H2,1-6H3. The van der Waals surface area contributed by atoms with Crippen molar-refractivity contribution in [1.29, 1.82) is 0 Å². The Morgan fingerprint density at radius 2 is 1.86 bits per heavy atom. The zero-order chi connectivity index (χ0) is 16.0. The zero-order valence-corrected chi connectivity index (χ0v) is 14.5. The molecule has 0 aliphatic carbocycles. The van der Waals surface area contributed by atoms with Gasteiger partial charge < -0.3 is 15.3 Å². The van der Waals surface area contributed by atoms with Crippen LogP contribution >= 0.6 is 0 Å². The van der Waals surface area contributed by atoms with E-state index in [4.69, 9.17) is 0 Å². The van der Waals surface area contributed by atoms with E-state index in [0.29, 0.717) is 17.7 Å². The molecule has 0 fully saturated rings. The summed E-state index contributed by atoms with van der Waals surface area (Å²) in [6.45, 7) is 11.9. The Bertz CT molecular complexity index is 431. The van der Waals surface area contributed by atoms with Crippen molar-refractivity contribution in [3.05, 3.63) is 23.8 Å². The Morgan fingerprint density at radius 3 is 2.38 bits per heavy atom. The van der Waals surface area contributed by atoms with E-state index in [-0.39, 0.29) is 6.04 Å². The van der Waals surface area contributed by atoms with Crippen LogP contribution in [0.3, 0.4) is 0 Å². The molecule has 1 aromatic rings. The van der Waals surface area contributed by atoms with Crippen molar-refractivity contribution in [1.82, 2.24) is 5.32 Å². The molecule has 21 heavy (non-hydrogen) atoms. The van der Waals surface area contributed by atoms with E-state index in [2.05, 4.69) is 57.9 Å². The van der Waals surface area contributed by atoms with Gasteiger partial charge in [0.25, 0.3) is 0 Å². The highest BCUT2D eigenvalue weighted by molar-refractivity contribution is 5.54. The van der Waals surface area contributed by atoms with Crippen LogP contribution in [-0.4, -0.2) is 24.7 Å². The third kappa shape index (κ3) is 5.24. The molecule has 0 amide bonds. The fraction of sp³-hybridized carbons (Fsp3) is 0.667. The van der Waals surface area contributed by atoms with Gasteiger partial charge in [0, 0.05) is 36.4 Å². The quantitative estimate of drug-likeness (QED) is 0.749. The van der Waals surface area contributed by atoms with E-state index in [1.165, 1.54) is 0 Å². The second kappa shape index (κ2) is 8.28. The Morgan fingerprint density at radius 1 is 1.19 bits per heavy atom. The predicted octanol–water partition coefficient (Wildman–Crippen LogP) is 4.32. The molecular weight excluding hydrogens is 260 g/mol. The van der Waals surface area contributed by atoms with Crippen LogP contribution in [0.1, 0.15) is 59.1 Å². The van der Waals surface area contributed by atoms with Gasteiger partial charge in [0.1, 0.15) is 5.75 Å². The number of benzene rings is 1. The zero-order valence-electron chi connectivity index (χ0n) is 14.5. The number of rotatable bonds is 8. The molecule has 2 N–H and O–H groups in total. The summed E-state index contributed by atoms with van der Waals surface area (Å²) in [5.74, 6) is 1.06. The van der Waals surface area contributed by atoms with Gasteiger partial charge in [-0.25, -0.2) is 0 Å². The molecule has 0 aliphatic rings. The van der Waals surface area contributed by atoms with Crippen molar-refractivity contribution in [2.24, 2.45) is 5.92 Å². The van der Waals surface area contributed by atoms with Crippen LogP contribution in [0.2, 0.25) is 0 Å². The average Bonchev–Trinajstić information content (AvgIpc) is 2.42. The number of nitrogens with zero attached hydrogens (tertiary/aromatic N) is 1. The van der Waals surface area contributed by atoms with E-state index in [1.807, 2.05) is 12.1 Å². The maximum absolute atomic E-state index is 10.3. The predicted molar refractivity (Wildman–Crippen MR) is 92.1 cm³/mol. The summed E-state index contributed by atoms with van der Waals surface area (Å²) in [5.41, 5.74) is 2.05. The highest BCUT2D eigenvalue weighted by Gasteiger charge is 2.15. The molecule has 0 saturated carbocycles. The molecule has 3 nitrogen and oxygen atoms in total. The summed E-state index contributed by atoms with van der Waals surface area (Å²) in [6, 6.07) is 6.67. The molecule has 1 rings (SSSR count). The van der Waals surface area contributed by atoms with Crippen LogP contribution in [0, 0.1) is 5.92 Å². The van der Waals surface area contributed by atoms with E-state index in [1.54, 1.807) is 0 Å². The molecule has 3 heteroatoms. The van der Waals surface area contributed by atoms with E-state index in [0.717, 1.165) is 30.6 Å². The smallest absolute Gasteiger partial charge is 0.122 e. The largest absolute Gasteiger partial charge is 0.508 e. The molecule has 120 valence electrons. The van der Waals surface area contributed by atoms with Gasteiger partial charge in [-0.05, 0) is 45.2 Å². The van der Waals surface area contributed by atoms with Crippen LogP contribution in [0.5, 0.6) is 5.75 Å². The number of nitrogens with one attached hydrogen (secondary N) is 1. The van der Waals surface area contributed by atoms with Crippen molar-refractivity contribution in [3.8, 4) is 5.75 Å². The van der Waals surface area contributed by atoms with Crippen molar-refractivity contribution < 1.29 is 5.11 Å². The Balaban J connectivity index is 2.81. The second-order valence-corrected chi connectivity index (χ2v) is 6.51. The molecule has 0 saturated heterocycles. The van der Waals surface area contributed by atoms with Gasteiger partial charge in [0.15, 0.2) is 0 Å². The summed E-state index contributed by atoms with van der Waals surface area (Å²) >= 11 is 0. The Labute approximate surface area is 130 Å². The highest BCUT2D eigenvalue weighted by atomic mass is 16.3. The summed E-state index contributed by atoms with van der Waals surface area (Å²) in [4.78, 5) is 2.24. The molecule has 2 unspecified atom stereocenters. The minimum Gasteiger partial charge on any atom is -0.508 e. The first-order valence-corrected chi connectivity index (χ1v) is 8.15. The lowest BCUT2D eigenvalue weighted by molar-refractivity contribution is 0.452. The monoisotopic (exact) mass is 292 g/mol. The summed E-state index contributed by atoms with van der Waals surface area (Å²) in [5, 5.41) is 13.7. The Kier molecular flexibility index (Phi) is 7.03. The van der Waals surface area contributed by atoms with E-state index in [9.17, 15) is 5.11 Å². The minimum atomic E-state index is 0.178. The molecule has 0 radical (unpaired) electrons. The van der Waals surface area contributed by atoms with Gasteiger partial charge in [-0.2, -0.15) is 0 Å². The maximum Gasteiger partial charge on any atom is 0.122 e. The summed E-state index contributed by atoms with van der Waals surface area (Å²) < 4.78 is 0. The average molecular weight is 292 g/mol. The number of anilines is 1. The van der Waals surface area contributed by atoms with Gasteiger partial charge in [-0.3, -0.25) is 0 Å². The highest BCUT2D eigenvalue weighted by Crippen LogP contribution is 2.30. The van der Waals surface area contributed by atoms with Gasteiger partial charge in [0.2, 0.25) is 0 Å². The first kappa shape index (κ1) is 17.8. The van der Waals surface area contributed by atoms with Crippen LogP contribution in [0.4, 0.5) is 5.69 Å². The molecule has 0 aliphatic heterocycles. The van der Waals surface area contributed by atoms with Gasteiger partial charge >= 0.3 is 0 Å². The molecule has 0 aromatic heterocycles. The van der Waals surface area contributed by atoms with Crippen molar-refractivity contribution in [3.63, 3.8) is 0 Å². The van der Waals surface area contributed by atoms with Crippen molar-refractivity contribution >= 4 is 5.69 Å². The van der Waals surface area contributed by atoms with E-state index < -0.39 is 0 Å². The SMILES string of the molecule is CCCNC(C)c1ccc(N(C)C(C)CC(C)C)cc1O. The topological polar surface area (TPSA) is 35.5 Å². The van der Waals surface area contributed by atoms with Crippen LogP contribution in [-0.2, 0) is 0 Å². The van der Waals surface area contributed by atoms with Crippen LogP contribution < -0.4 is 10.2 Å². The third-order valence-electron chi connectivity index (χ3n) is 4.06. The number of aromatic hydroxyl groups is 1. The lowest BCUT2D eigenvalue weighted by Crippen LogP contribution is -2.30. The fourth-order valence-corrected chi connectivity index (χ4v) is 2.68. The second-order valence-electron chi connectivity index (χ2n) is 6.51. The van der Waals surface area contributed by atoms with Crippen molar-refractivity contribution in [2.45, 2.75) is 59.5 Å². The molecule has 1 aromatic carbocycles. The first-order chi connectivity index (χ1) is 9.86. The van der Waals surface area contributed by atoms with E-state index >= 15 is 0 Å². The minimum absolute atomic E-state index is 0.178. The molecule has 0 heterocycles. The normalized spacial score (nSPS) is 14.2. The number of phenols is 1. The number of hydrogen-bond acceptors (Lipinski definition) is 3. The first-order valence-electron chi connectivity index (χ1n) is 8.15. The van der Waals surface area contributed by atoms with Crippen LogP contribution in [0.15, 0.2) is 18.2 Å². The van der Waals surface area contributed by atoms with Crippen LogP contribution in [0.25, 0.3) is 0 Å².